The molecule has 0 aliphatic heterocycles. The quantitative estimate of drug-likeness (QED) is 0.776. The summed E-state index contributed by atoms with van der Waals surface area (Å²) in [5.41, 5.74) is 10.4. The summed E-state index contributed by atoms with van der Waals surface area (Å²) in [6.45, 7) is 1.37. The number of nitrogens with zero attached hydrogens (tertiary/aromatic N) is 3. The smallest absolute Gasteiger partial charge is 0.127 e. The molecule has 3 aromatic rings. The van der Waals surface area contributed by atoms with Crippen LogP contribution in [0.25, 0.3) is 22.6 Å². The summed E-state index contributed by atoms with van der Waals surface area (Å²) in [4.78, 5) is 11.2. The van der Waals surface area contributed by atoms with Gasteiger partial charge in [0.05, 0.1) is 22.6 Å². The van der Waals surface area contributed by atoms with Crippen molar-refractivity contribution in [2.24, 2.45) is 0 Å². The highest BCUT2D eigenvalue weighted by molar-refractivity contribution is 5.76. The minimum Gasteiger partial charge on any atom is -0.384 e. The van der Waals surface area contributed by atoms with Gasteiger partial charge in [-0.25, -0.2) is 14.4 Å². The molecule has 0 saturated heterocycles. The van der Waals surface area contributed by atoms with Crippen LogP contribution in [0.1, 0.15) is 16.7 Å². The minimum absolute atomic E-state index is 0.347. The fraction of sp³-hybridized carbons (Fsp3) is 0.118. The number of benzene rings is 1. The molecular formula is C17H14FN5. The topological polar surface area (TPSA) is 91.4 Å². The average molecular weight is 307 g/mol. The van der Waals surface area contributed by atoms with E-state index in [1.165, 1.54) is 6.33 Å². The maximum Gasteiger partial charge on any atom is 0.127 e. The van der Waals surface area contributed by atoms with E-state index in [1.54, 1.807) is 24.3 Å². The zero-order valence-electron chi connectivity index (χ0n) is 12.5. The number of nitrogens with two attached hydrogens (primary N) is 1. The first kappa shape index (κ1) is 14.7. The number of aromatic amines is 1. The van der Waals surface area contributed by atoms with Crippen LogP contribution in [0.4, 0.5) is 10.2 Å². The molecule has 2 heterocycles. The number of alkyl halides is 1. The van der Waals surface area contributed by atoms with Crippen molar-refractivity contribution in [3.8, 4) is 28.7 Å². The molecule has 3 N–H and O–H groups in total. The first-order valence-corrected chi connectivity index (χ1v) is 6.99. The van der Waals surface area contributed by atoms with Crippen LogP contribution in [0, 0.1) is 18.3 Å². The Morgan fingerprint density at radius 1 is 1.26 bits per heavy atom. The summed E-state index contributed by atoms with van der Waals surface area (Å²) in [5, 5.41) is 9.41. The molecule has 23 heavy (non-hydrogen) atoms. The third-order valence-electron chi connectivity index (χ3n) is 3.63. The number of aryl methyl sites for hydroxylation is 1. The van der Waals surface area contributed by atoms with Gasteiger partial charge in [-0.05, 0) is 30.2 Å². The van der Waals surface area contributed by atoms with Gasteiger partial charge in [0, 0.05) is 11.6 Å². The Kier molecular flexibility index (Phi) is 3.77. The summed E-state index contributed by atoms with van der Waals surface area (Å²) in [6.07, 6.45) is 1.37. The number of anilines is 1. The van der Waals surface area contributed by atoms with E-state index in [-0.39, 0.29) is 0 Å². The zero-order valence-corrected chi connectivity index (χ0v) is 12.5. The van der Waals surface area contributed by atoms with Crippen molar-refractivity contribution in [3.05, 3.63) is 53.3 Å². The number of halogens is 1. The molecule has 0 bridgehead atoms. The van der Waals surface area contributed by atoms with E-state index in [9.17, 15) is 9.65 Å². The molecule has 5 nitrogen and oxygen atoms in total. The predicted octanol–water partition coefficient (Wildman–Crippen LogP) is 3.37. The highest BCUT2D eigenvalue weighted by Gasteiger charge is 2.14. The van der Waals surface area contributed by atoms with Crippen LogP contribution in [0.2, 0.25) is 0 Å². The van der Waals surface area contributed by atoms with Gasteiger partial charge in [-0.2, -0.15) is 5.26 Å². The Morgan fingerprint density at radius 3 is 2.78 bits per heavy atom. The van der Waals surface area contributed by atoms with Crippen LogP contribution in [0.15, 0.2) is 36.7 Å². The van der Waals surface area contributed by atoms with Crippen LogP contribution in [0.3, 0.4) is 0 Å². The van der Waals surface area contributed by atoms with Gasteiger partial charge in [-0.3, -0.25) is 0 Å². The summed E-state index contributed by atoms with van der Waals surface area (Å²) >= 11 is 0. The average Bonchev–Trinajstić information content (AvgIpc) is 2.99. The van der Waals surface area contributed by atoms with E-state index in [0.29, 0.717) is 34.0 Å². The van der Waals surface area contributed by atoms with Gasteiger partial charge in [-0.1, -0.05) is 12.1 Å². The third-order valence-corrected chi connectivity index (χ3v) is 3.63. The summed E-state index contributed by atoms with van der Waals surface area (Å²) < 4.78 is 12.9. The Hall–Kier alpha value is -3.20. The summed E-state index contributed by atoms with van der Waals surface area (Å²) in [6, 6.07) is 10.8. The number of nitrogens with one attached hydrogen (secondary N) is 1. The van der Waals surface area contributed by atoms with Crippen molar-refractivity contribution in [2.75, 3.05) is 5.73 Å². The van der Waals surface area contributed by atoms with Gasteiger partial charge in [0.25, 0.3) is 0 Å². The lowest BCUT2D eigenvalue weighted by Crippen LogP contribution is -1.93. The highest BCUT2D eigenvalue weighted by Crippen LogP contribution is 2.31. The zero-order chi connectivity index (χ0) is 16.4. The van der Waals surface area contributed by atoms with E-state index in [2.05, 4.69) is 21.0 Å². The Balaban J connectivity index is 2.16. The second kappa shape index (κ2) is 5.89. The van der Waals surface area contributed by atoms with Crippen LogP contribution in [-0.2, 0) is 6.67 Å². The monoisotopic (exact) mass is 307 g/mol. The largest absolute Gasteiger partial charge is 0.384 e. The molecule has 114 valence electrons. The molecule has 0 atom stereocenters. The Bertz CT molecular complexity index is 908. The van der Waals surface area contributed by atoms with Gasteiger partial charge in [0.2, 0.25) is 0 Å². The minimum atomic E-state index is -0.550. The lowest BCUT2D eigenvalue weighted by Gasteiger charge is -2.06. The van der Waals surface area contributed by atoms with E-state index in [0.717, 1.165) is 11.1 Å². The predicted molar refractivity (Wildman–Crippen MR) is 85.9 cm³/mol. The van der Waals surface area contributed by atoms with Crippen molar-refractivity contribution in [2.45, 2.75) is 13.6 Å². The molecule has 0 fully saturated rings. The van der Waals surface area contributed by atoms with Crippen molar-refractivity contribution in [1.82, 2.24) is 15.0 Å². The summed E-state index contributed by atoms with van der Waals surface area (Å²) in [7, 11) is 0. The van der Waals surface area contributed by atoms with Gasteiger partial charge in [-0.15, -0.1) is 0 Å². The first-order valence-electron chi connectivity index (χ1n) is 6.99. The van der Waals surface area contributed by atoms with Crippen molar-refractivity contribution < 1.29 is 4.39 Å². The molecule has 2 aromatic heterocycles. The summed E-state index contributed by atoms with van der Waals surface area (Å²) in [5.74, 6) is 0.347. The van der Waals surface area contributed by atoms with Crippen molar-refractivity contribution in [3.63, 3.8) is 0 Å². The second-order valence-corrected chi connectivity index (χ2v) is 5.19. The van der Waals surface area contributed by atoms with Crippen LogP contribution in [0.5, 0.6) is 0 Å². The molecule has 1 aromatic carbocycles. The first-order chi connectivity index (χ1) is 11.1. The van der Waals surface area contributed by atoms with Crippen LogP contribution < -0.4 is 5.73 Å². The highest BCUT2D eigenvalue weighted by atomic mass is 19.1. The molecule has 6 heteroatoms. The number of hydrogen-bond acceptors (Lipinski definition) is 4. The Labute approximate surface area is 132 Å². The maximum absolute atomic E-state index is 12.9. The number of H-pyrrole nitrogens is 1. The maximum atomic E-state index is 12.9. The fourth-order valence-corrected chi connectivity index (χ4v) is 2.43. The normalized spacial score (nSPS) is 10.5. The lowest BCUT2D eigenvalue weighted by atomic mass is 10.0. The van der Waals surface area contributed by atoms with Crippen molar-refractivity contribution in [1.29, 1.82) is 5.26 Å². The number of hydrogen-bond donors (Lipinski definition) is 2. The van der Waals surface area contributed by atoms with Crippen LogP contribution >= 0.6 is 0 Å². The molecule has 0 aliphatic rings. The standard InChI is InChI=1S/C17H14FN5/c1-10-2-3-11(7-18)4-13(10)17-12(8-19)5-15(23-17)14-6-16(20)22-9-21-14/h2-6,9,23H,7H2,1H3,(H2,20,21,22). The number of nitrogen functional groups attached to an aromatic ring is 1. The molecule has 0 spiro atoms. The molecule has 0 unspecified atom stereocenters. The fourth-order valence-electron chi connectivity index (χ4n) is 2.43. The van der Waals surface area contributed by atoms with Gasteiger partial charge >= 0.3 is 0 Å². The van der Waals surface area contributed by atoms with Crippen molar-refractivity contribution >= 4 is 5.82 Å². The van der Waals surface area contributed by atoms with Gasteiger partial charge < -0.3 is 10.7 Å². The second-order valence-electron chi connectivity index (χ2n) is 5.19. The molecule has 0 aliphatic carbocycles. The number of nitriles is 1. The molecule has 0 saturated carbocycles. The van der Waals surface area contributed by atoms with E-state index < -0.39 is 6.67 Å². The number of aromatic nitrogens is 3. The molecule has 0 radical (unpaired) electrons. The molecule has 3 rings (SSSR count). The van der Waals surface area contributed by atoms with E-state index in [4.69, 9.17) is 5.73 Å². The molecule has 0 amide bonds. The number of rotatable bonds is 3. The SMILES string of the molecule is Cc1ccc(CF)cc1-c1[nH]c(-c2cc(N)ncn2)cc1C#N. The third kappa shape index (κ3) is 2.77. The van der Waals surface area contributed by atoms with E-state index in [1.807, 2.05) is 13.0 Å². The Morgan fingerprint density at radius 2 is 2.09 bits per heavy atom. The molecular weight excluding hydrogens is 293 g/mol. The van der Waals surface area contributed by atoms with Crippen LogP contribution in [-0.4, -0.2) is 15.0 Å². The lowest BCUT2D eigenvalue weighted by molar-refractivity contribution is 0.485. The van der Waals surface area contributed by atoms with Gasteiger partial charge in [0.15, 0.2) is 0 Å². The van der Waals surface area contributed by atoms with E-state index >= 15 is 0 Å². The van der Waals surface area contributed by atoms with Gasteiger partial charge in [0.1, 0.15) is 24.9 Å².